The quantitative estimate of drug-likeness (QED) is 0.399. The Balaban J connectivity index is 1.45. The highest BCUT2D eigenvalue weighted by atomic mass is 32.1. The highest BCUT2D eigenvalue weighted by Crippen LogP contribution is 2.49. The van der Waals surface area contributed by atoms with Crippen LogP contribution in [0.3, 0.4) is 0 Å². The zero-order valence-electron chi connectivity index (χ0n) is 16.7. The van der Waals surface area contributed by atoms with Gasteiger partial charge in [0.15, 0.2) is 5.82 Å². The van der Waals surface area contributed by atoms with E-state index in [9.17, 15) is 0 Å². The number of hydrogen-bond acceptors (Lipinski definition) is 6. The number of benzene rings is 1. The molecule has 152 valence electrons. The summed E-state index contributed by atoms with van der Waals surface area (Å²) in [5, 5.41) is 15.0. The van der Waals surface area contributed by atoms with Gasteiger partial charge in [0.25, 0.3) is 0 Å². The smallest absolute Gasteiger partial charge is 0.163 e. The Morgan fingerprint density at radius 2 is 1.97 bits per heavy atom. The lowest BCUT2D eigenvalue weighted by Gasteiger charge is -2.29. The maximum absolute atomic E-state index is 5.04. The van der Waals surface area contributed by atoms with Crippen molar-refractivity contribution in [3.8, 4) is 22.5 Å². The van der Waals surface area contributed by atoms with Crippen LogP contribution in [0.1, 0.15) is 19.3 Å². The van der Waals surface area contributed by atoms with Crippen molar-refractivity contribution in [3.63, 3.8) is 0 Å². The fourth-order valence-corrected chi connectivity index (χ4v) is 6.36. The number of rotatable bonds is 6. The first kappa shape index (κ1) is 18.5. The van der Waals surface area contributed by atoms with Crippen LogP contribution in [0.25, 0.3) is 32.7 Å². The van der Waals surface area contributed by atoms with Crippen molar-refractivity contribution in [2.24, 2.45) is 11.3 Å². The first-order valence-electron chi connectivity index (χ1n) is 10.6. The summed E-state index contributed by atoms with van der Waals surface area (Å²) in [5.74, 6) is 2.65. The minimum Gasteiger partial charge on any atom is -0.369 e. The molecule has 2 fully saturated rings. The minimum absolute atomic E-state index is 0.364. The molecule has 2 N–H and O–H groups in total. The molecule has 0 amide bonds. The first-order valence-corrected chi connectivity index (χ1v) is 12.5. The number of aromatic nitrogens is 2. The van der Waals surface area contributed by atoms with E-state index in [0.717, 1.165) is 53.0 Å². The summed E-state index contributed by atoms with van der Waals surface area (Å²) in [6, 6.07) is 12.7. The minimum atomic E-state index is 0.364. The summed E-state index contributed by atoms with van der Waals surface area (Å²) in [6.45, 7) is 3.22. The van der Waals surface area contributed by atoms with Crippen LogP contribution in [-0.2, 0) is 0 Å². The SMILES string of the molecule is c1ccc(-c2csc3nc(-c4ccsc4)nc(NCC4(C5CC5)CCNC4)c23)cc1. The average molecular weight is 433 g/mol. The van der Waals surface area contributed by atoms with Crippen molar-refractivity contribution in [1.82, 2.24) is 15.3 Å². The van der Waals surface area contributed by atoms with E-state index in [4.69, 9.17) is 9.97 Å². The van der Waals surface area contributed by atoms with Crippen LogP contribution in [0.5, 0.6) is 0 Å². The van der Waals surface area contributed by atoms with Gasteiger partial charge in [0.2, 0.25) is 0 Å². The molecular formula is C24H24N4S2. The Morgan fingerprint density at radius 3 is 2.70 bits per heavy atom. The van der Waals surface area contributed by atoms with Crippen molar-refractivity contribution in [2.45, 2.75) is 19.3 Å². The van der Waals surface area contributed by atoms with Crippen molar-refractivity contribution in [3.05, 3.63) is 52.5 Å². The Bertz CT molecular complexity index is 1160. The summed E-state index contributed by atoms with van der Waals surface area (Å²) in [7, 11) is 0. The largest absolute Gasteiger partial charge is 0.369 e. The Labute approximate surface area is 184 Å². The third-order valence-corrected chi connectivity index (χ3v) is 8.18. The van der Waals surface area contributed by atoms with Gasteiger partial charge in [-0.15, -0.1) is 11.3 Å². The second-order valence-corrected chi connectivity index (χ2v) is 10.2. The molecule has 0 bridgehead atoms. The second-order valence-electron chi connectivity index (χ2n) is 8.52. The highest BCUT2D eigenvalue weighted by molar-refractivity contribution is 7.17. The van der Waals surface area contributed by atoms with Gasteiger partial charge in [0.1, 0.15) is 10.6 Å². The maximum Gasteiger partial charge on any atom is 0.163 e. The van der Waals surface area contributed by atoms with Crippen LogP contribution >= 0.6 is 22.7 Å². The van der Waals surface area contributed by atoms with Crippen LogP contribution in [-0.4, -0.2) is 29.6 Å². The Kier molecular flexibility index (Phi) is 4.59. The molecule has 4 aromatic rings. The van der Waals surface area contributed by atoms with Gasteiger partial charge in [-0.05, 0) is 48.7 Å². The Morgan fingerprint density at radius 1 is 1.07 bits per heavy atom. The molecule has 1 aromatic carbocycles. The molecule has 0 radical (unpaired) electrons. The molecule has 30 heavy (non-hydrogen) atoms. The molecule has 1 aliphatic carbocycles. The van der Waals surface area contributed by atoms with Crippen LogP contribution in [0.2, 0.25) is 0 Å². The predicted octanol–water partition coefficient (Wildman–Crippen LogP) is 5.89. The number of hydrogen-bond donors (Lipinski definition) is 2. The molecule has 3 aromatic heterocycles. The number of thiophene rings is 2. The molecule has 4 heterocycles. The fraction of sp³-hybridized carbons (Fsp3) is 0.333. The van der Waals surface area contributed by atoms with Crippen molar-refractivity contribution >= 4 is 38.7 Å². The van der Waals surface area contributed by atoms with Crippen LogP contribution in [0, 0.1) is 11.3 Å². The summed E-state index contributed by atoms with van der Waals surface area (Å²) in [4.78, 5) is 11.0. The highest BCUT2D eigenvalue weighted by Gasteiger charge is 2.46. The fourth-order valence-electron chi connectivity index (χ4n) is 4.78. The average Bonchev–Trinajstić information content (AvgIpc) is 3.21. The van der Waals surface area contributed by atoms with Gasteiger partial charge in [-0.25, -0.2) is 9.97 Å². The zero-order chi connectivity index (χ0) is 20.0. The molecule has 0 spiro atoms. The molecule has 4 nitrogen and oxygen atoms in total. The van der Waals surface area contributed by atoms with E-state index in [1.54, 1.807) is 22.7 Å². The number of anilines is 1. The lowest BCUT2D eigenvalue weighted by Crippen LogP contribution is -2.34. The summed E-state index contributed by atoms with van der Waals surface area (Å²) in [6.07, 6.45) is 4.00. The molecule has 1 aliphatic heterocycles. The van der Waals surface area contributed by atoms with Crippen LogP contribution < -0.4 is 10.6 Å². The maximum atomic E-state index is 5.04. The van der Waals surface area contributed by atoms with E-state index in [1.165, 1.54) is 30.4 Å². The molecule has 2 aliphatic rings. The Hall–Kier alpha value is -2.28. The van der Waals surface area contributed by atoms with Gasteiger partial charge < -0.3 is 10.6 Å². The molecule has 1 atom stereocenters. The molecule has 1 unspecified atom stereocenters. The molecule has 6 heteroatoms. The van der Waals surface area contributed by atoms with Gasteiger partial charge in [-0.1, -0.05) is 30.3 Å². The molecule has 1 saturated carbocycles. The van der Waals surface area contributed by atoms with Gasteiger partial charge >= 0.3 is 0 Å². The third kappa shape index (κ3) is 3.23. The zero-order valence-corrected chi connectivity index (χ0v) is 18.4. The third-order valence-electron chi connectivity index (χ3n) is 6.63. The van der Waals surface area contributed by atoms with Gasteiger partial charge in [0.05, 0.1) is 5.39 Å². The van der Waals surface area contributed by atoms with Gasteiger partial charge in [-0.2, -0.15) is 11.3 Å². The standard InChI is InChI=1S/C24H24N4S2/c1-2-4-16(5-3-1)19-13-30-23-20(19)22(27-21(28-23)17-8-11-29-12-17)26-15-24(18-6-7-18)9-10-25-14-24/h1-5,8,11-13,18,25H,6-7,9-10,14-15H2,(H,26,27,28). The lowest BCUT2D eigenvalue weighted by atomic mass is 9.81. The molecular weight excluding hydrogens is 408 g/mol. The normalized spacial score (nSPS) is 21.3. The lowest BCUT2D eigenvalue weighted by molar-refractivity contribution is 0.293. The van der Waals surface area contributed by atoms with Crippen LogP contribution in [0.15, 0.2) is 52.5 Å². The van der Waals surface area contributed by atoms with E-state index in [-0.39, 0.29) is 0 Å². The van der Waals surface area contributed by atoms with E-state index >= 15 is 0 Å². The van der Waals surface area contributed by atoms with Crippen molar-refractivity contribution in [2.75, 3.05) is 25.0 Å². The number of nitrogens with zero attached hydrogens (tertiary/aromatic N) is 2. The molecule has 6 rings (SSSR count). The van der Waals surface area contributed by atoms with E-state index in [0.29, 0.717) is 5.41 Å². The second kappa shape index (κ2) is 7.45. The summed E-state index contributed by atoms with van der Waals surface area (Å²) in [5.41, 5.74) is 3.90. The van der Waals surface area contributed by atoms with Crippen molar-refractivity contribution in [1.29, 1.82) is 0 Å². The number of fused-ring (bicyclic) bond motifs is 1. The van der Waals surface area contributed by atoms with Gasteiger partial charge in [0, 0.05) is 40.4 Å². The monoisotopic (exact) mass is 432 g/mol. The first-order chi connectivity index (χ1) is 14.8. The van der Waals surface area contributed by atoms with Crippen molar-refractivity contribution < 1.29 is 0 Å². The molecule has 1 saturated heterocycles. The van der Waals surface area contributed by atoms with E-state index in [1.807, 2.05) is 0 Å². The predicted molar refractivity (Wildman–Crippen MR) is 127 cm³/mol. The van der Waals surface area contributed by atoms with E-state index in [2.05, 4.69) is 63.2 Å². The summed E-state index contributed by atoms with van der Waals surface area (Å²) >= 11 is 3.40. The van der Waals surface area contributed by atoms with E-state index < -0.39 is 0 Å². The summed E-state index contributed by atoms with van der Waals surface area (Å²) < 4.78 is 0. The van der Waals surface area contributed by atoms with Crippen LogP contribution in [0.4, 0.5) is 5.82 Å². The topological polar surface area (TPSA) is 49.8 Å². The number of nitrogens with one attached hydrogen (secondary N) is 2. The van der Waals surface area contributed by atoms with Gasteiger partial charge in [-0.3, -0.25) is 0 Å².